The van der Waals surface area contributed by atoms with E-state index >= 15 is 0 Å². The number of amides is 1. The number of thioether (sulfide) groups is 1. The van der Waals surface area contributed by atoms with Gasteiger partial charge in [-0.1, -0.05) is 23.9 Å². The van der Waals surface area contributed by atoms with E-state index in [0.29, 0.717) is 10.9 Å². The second-order valence-corrected chi connectivity index (χ2v) is 10.8. The zero-order valence-electron chi connectivity index (χ0n) is 16.7. The van der Waals surface area contributed by atoms with Crippen molar-refractivity contribution in [1.29, 1.82) is 0 Å². The van der Waals surface area contributed by atoms with Crippen molar-refractivity contribution in [3.05, 3.63) is 54.1 Å². The zero-order chi connectivity index (χ0) is 21.3. The molecule has 0 aliphatic carbocycles. The summed E-state index contributed by atoms with van der Waals surface area (Å²) in [5.74, 6) is 0.734. The molecular formula is C21H23N3O4S2. The van der Waals surface area contributed by atoms with Crippen molar-refractivity contribution in [1.82, 2.24) is 0 Å². The Morgan fingerprint density at radius 1 is 1.23 bits per heavy atom. The molecule has 4 rings (SSSR count). The highest BCUT2D eigenvalue weighted by molar-refractivity contribution is 8.15. The van der Waals surface area contributed by atoms with E-state index in [4.69, 9.17) is 4.74 Å². The monoisotopic (exact) mass is 445 g/mol. The lowest BCUT2D eigenvalue weighted by Crippen LogP contribution is -2.36. The maximum atomic E-state index is 12.8. The van der Waals surface area contributed by atoms with Gasteiger partial charge < -0.3 is 15.0 Å². The van der Waals surface area contributed by atoms with E-state index in [9.17, 15) is 13.2 Å². The van der Waals surface area contributed by atoms with Gasteiger partial charge in [-0.25, -0.2) is 8.42 Å². The van der Waals surface area contributed by atoms with Crippen molar-refractivity contribution in [3.8, 4) is 5.75 Å². The van der Waals surface area contributed by atoms with Crippen molar-refractivity contribution in [2.24, 2.45) is 4.99 Å². The molecule has 2 aliphatic heterocycles. The number of aryl methyl sites for hydroxylation is 1. The predicted molar refractivity (Wildman–Crippen MR) is 121 cm³/mol. The molecule has 158 valence electrons. The molecule has 1 fully saturated rings. The number of sulfone groups is 1. The summed E-state index contributed by atoms with van der Waals surface area (Å²) in [5.41, 5.74) is 2.59. The third-order valence-corrected chi connectivity index (χ3v) is 8.27. The minimum absolute atomic E-state index is 0.0678. The molecule has 9 heteroatoms. The molecule has 1 amide bonds. The number of fused-ring (bicyclic) bond motifs is 1. The second kappa shape index (κ2) is 8.31. The Hall–Kier alpha value is -2.52. The summed E-state index contributed by atoms with van der Waals surface area (Å²) in [6, 6.07) is 14.8. The number of aliphatic imine (C=N–C) groups is 1. The van der Waals surface area contributed by atoms with E-state index in [1.165, 1.54) is 11.8 Å². The van der Waals surface area contributed by atoms with Gasteiger partial charge in [0.1, 0.15) is 12.3 Å². The van der Waals surface area contributed by atoms with Crippen LogP contribution in [0.25, 0.3) is 0 Å². The van der Waals surface area contributed by atoms with Crippen LogP contribution in [-0.4, -0.2) is 55.9 Å². The summed E-state index contributed by atoms with van der Waals surface area (Å²) in [6.45, 7) is 2.04. The zero-order valence-corrected chi connectivity index (χ0v) is 18.4. The van der Waals surface area contributed by atoms with E-state index in [-0.39, 0.29) is 35.2 Å². The first kappa shape index (κ1) is 20.7. The molecule has 0 saturated carbocycles. The molecule has 30 heavy (non-hydrogen) atoms. The maximum absolute atomic E-state index is 12.8. The minimum Gasteiger partial charge on any atom is -0.497 e. The highest BCUT2D eigenvalue weighted by Crippen LogP contribution is 2.37. The molecule has 0 radical (unpaired) electrons. The number of carbonyl (C=O) groups is 1. The van der Waals surface area contributed by atoms with Crippen LogP contribution in [0.3, 0.4) is 0 Å². The Balaban J connectivity index is 1.57. The standard InChI is InChI=1S/C21H23N3O4S2/c1-14-4-3-5-15(10-14)22-20(25)11-24(16-6-8-17(28-2)9-7-16)21-23-18-12-30(26,27)13-19(18)29-21/h3-10,18-19H,11-13H2,1-2H3,(H,22,25). The van der Waals surface area contributed by atoms with Crippen LogP contribution >= 0.6 is 11.8 Å². The summed E-state index contributed by atoms with van der Waals surface area (Å²) >= 11 is 1.43. The van der Waals surface area contributed by atoms with E-state index in [2.05, 4.69) is 10.3 Å². The largest absolute Gasteiger partial charge is 0.497 e. The molecule has 2 heterocycles. The lowest BCUT2D eigenvalue weighted by Gasteiger charge is -2.24. The van der Waals surface area contributed by atoms with Crippen molar-refractivity contribution < 1.29 is 17.9 Å². The third-order valence-electron chi connectivity index (χ3n) is 5.02. The fourth-order valence-corrected chi connectivity index (χ4v) is 7.35. The summed E-state index contributed by atoms with van der Waals surface area (Å²) < 4.78 is 29.0. The van der Waals surface area contributed by atoms with E-state index in [1.807, 2.05) is 60.4 Å². The number of carbonyl (C=O) groups excluding carboxylic acids is 1. The number of amidine groups is 1. The lowest BCUT2D eigenvalue weighted by atomic mass is 10.2. The Morgan fingerprint density at radius 3 is 2.67 bits per heavy atom. The molecule has 0 spiro atoms. The predicted octanol–water partition coefficient (Wildman–Crippen LogP) is 2.72. The van der Waals surface area contributed by atoms with Crippen molar-refractivity contribution in [2.45, 2.75) is 18.2 Å². The Bertz CT molecular complexity index is 1080. The third kappa shape index (κ3) is 4.62. The van der Waals surface area contributed by atoms with Gasteiger partial charge in [-0.2, -0.15) is 0 Å². The summed E-state index contributed by atoms with van der Waals surface area (Å²) in [6.07, 6.45) is 0. The first-order chi connectivity index (χ1) is 14.3. The van der Waals surface area contributed by atoms with Gasteiger partial charge in [0.2, 0.25) is 5.91 Å². The number of nitrogens with zero attached hydrogens (tertiary/aromatic N) is 2. The van der Waals surface area contributed by atoms with Gasteiger partial charge in [0.15, 0.2) is 15.0 Å². The van der Waals surface area contributed by atoms with Gasteiger partial charge in [0.05, 0.1) is 24.7 Å². The lowest BCUT2D eigenvalue weighted by molar-refractivity contribution is -0.114. The van der Waals surface area contributed by atoms with Gasteiger partial charge in [-0.05, 0) is 48.9 Å². The molecular weight excluding hydrogens is 422 g/mol. The van der Waals surface area contributed by atoms with Crippen molar-refractivity contribution in [3.63, 3.8) is 0 Å². The topological polar surface area (TPSA) is 88.1 Å². The van der Waals surface area contributed by atoms with Crippen LogP contribution < -0.4 is 15.0 Å². The first-order valence-electron chi connectivity index (χ1n) is 9.56. The number of rotatable bonds is 5. The maximum Gasteiger partial charge on any atom is 0.244 e. The minimum atomic E-state index is -3.04. The molecule has 7 nitrogen and oxygen atoms in total. The SMILES string of the molecule is COc1ccc(N(CC(=O)Nc2cccc(C)c2)C2=NC3CS(=O)(=O)CC3S2)cc1. The summed E-state index contributed by atoms with van der Waals surface area (Å²) in [4.78, 5) is 19.3. The quantitative estimate of drug-likeness (QED) is 0.761. The van der Waals surface area contributed by atoms with Crippen LogP contribution in [0.4, 0.5) is 11.4 Å². The van der Waals surface area contributed by atoms with Crippen LogP contribution in [0.5, 0.6) is 5.75 Å². The van der Waals surface area contributed by atoms with Crippen molar-refractivity contribution >= 4 is 44.0 Å². The number of hydrogen-bond acceptors (Lipinski definition) is 7. The second-order valence-electron chi connectivity index (χ2n) is 7.41. The molecule has 2 aromatic carbocycles. The summed E-state index contributed by atoms with van der Waals surface area (Å²) in [5, 5.41) is 3.51. The van der Waals surface area contributed by atoms with Crippen molar-refractivity contribution in [2.75, 3.05) is 35.4 Å². The van der Waals surface area contributed by atoms with E-state index in [1.54, 1.807) is 7.11 Å². The smallest absolute Gasteiger partial charge is 0.244 e. The van der Waals surface area contributed by atoms with Crippen LogP contribution in [-0.2, 0) is 14.6 Å². The van der Waals surface area contributed by atoms with Crippen LogP contribution in [0.2, 0.25) is 0 Å². The van der Waals surface area contributed by atoms with Gasteiger partial charge in [-0.3, -0.25) is 9.79 Å². The highest BCUT2D eigenvalue weighted by Gasteiger charge is 2.44. The Labute approximate surface area is 180 Å². The van der Waals surface area contributed by atoms with Crippen LogP contribution in [0.15, 0.2) is 53.5 Å². The Morgan fingerprint density at radius 2 is 2.00 bits per heavy atom. The molecule has 0 bridgehead atoms. The van der Waals surface area contributed by atoms with Gasteiger partial charge in [0, 0.05) is 16.6 Å². The average molecular weight is 446 g/mol. The molecule has 1 N–H and O–H groups in total. The molecule has 1 saturated heterocycles. The highest BCUT2D eigenvalue weighted by atomic mass is 32.2. The molecule has 2 aliphatic rings. The van der Waals surface area contributed by atoms with Gasteiger partial charge in [0.25, 0.3) is 0 Å². The Kier molecular flexibility index (Phi) is 5.75. The first-order valence-corrected chi connectivity index (χ1v) is 12.3. The number of ether oxygens (including phenoxy) is 1. The summed E-state index contributed by atoms with van der Waals surface area (Å²) in [7, 11) is -1.44. The van der Waals surface area contributed by atoms with Gasteiger partial charge >= 0.3 is 0 Å². The molecule has 0 aromatic heterocycles. The molecule has 2 unspecified atom stereocenters. The average Bonchev–Trinajstić information content (AvgIpc) is 3.19. The number of nitrogens with one attached hydrogen (secondary N) is 1. The van der Waals surface area contributed by atoms with E-state index < -0.39 is 9.84 Å². The normalized spacial score (nSPS) is 21.6. The fourth-order valence-electron chi connectivity index (χ4n) is 3.57. The fraction of sp³-hybridized carbons (Fsp3) is 0.333. The van der Waals surface area contributed by atoms with E-state index in [0.717, 1.165) is 16.9 Å². The van der Waals surface area contributed by atoms with Crippen LogP contribution in [0, 0.1) is 6.92 Å². The van der Waals surface area contributed by atoms with Crippen LogP contribution in [0.1, 0.15) is 5.56 Å². The number of anilines is 2. The number of hydrogen-bond donors (Lipinski definition) is 1. The van der Waals surface area contributed by atoms with Gasteiger partial charge in [-0.15, -0.1) is 0 Å². The molecule has 2 aromatic rings. The number of methoxy groups -OCH3 is 1. The number of benzene rings is 2. The molecule has 2 atom stereocenters.